The summed E-state index contributed by atoms with van der Waals surface area (Å²) in [4.78, 5) is 12.5. The molecule has 3 rings (SSSR count). The van der Waals surface area contributed by atoms with E-state index in [0.29, 0.717) is 12.5 Å². The maximum Gasteiger partial charge on any atom is 0.243 e. The number of benzene rings is 3. The van der Waals surface area contributed by atoms with Crippen LogP contribution in [0.5, 0.6) is 0 Å². The van der Waals surface area contributed by atoms with E-state index in [0.717, 1.165) is 15.9 Å². The minimum absolute atomic E-state index is 0.00475. The third kappa shape index (κ3) is 5.50. The van der Waals surface area contributed by atoms with Crippen LogP contribution < -0.4 is 5.32 Å². The summed E-state index contributed by atoms with van der Waals surface area (Å²) in [5.74, 6) is -5.57. The van der Waals surface area contributed by atoms with Gasteiger partial charge in [-0.2, -0.15) is 4.31 Å². The second-order valence-electron chi connectivity index (χ2n) is 6.66. The molecule has 0 fully saturated rings. The zero-order valence-electron chi connectivity index (χ0n) is 16.3. The Balaban J connectivity index is 1.82. The number of carbonyl (C=O) groups excluding carboxylic acids is 1. The number of halogens is 3. The number of anilines is 1. The van der Waals surface area contributed by atoms with Gasteiger partial charge in [-0.3, -0.25) is 4.79 Å². The highest BCUT2D eigenvalue weighted by molar-refractivity contribution is 7.89. The molecule has 0 atom stereocenters. The SMILES string of the molecule is O=C(CN(CCc1ccccc1)S(=O)(=O)c1ccccc1)Nc1ccc(F)c(F)c1F. The molecular formula is C22H19F3N2O3S. The molecule has 0 heterocycles. The lowest BCUT2D eigenvalue weighted by atomic mass is 10.1. The van der Waals surface area contributed by atoms with E-state index >= 15 is 0 Å². The zero-order chi connectivity index (χ0) is 22.4. The Kier molecular flexibility index (Phi) is 7.09. The second kappa shape index (κ2) is 9.76. The number of sulfonamides is 1. The molecule has 0 saturated carbocycles. The molecule has 5 nitrogen and oxygen atoms in total. The normalized spacial score (nSPS) is 11.5. The Morgan fingerprint density at radius 3 is 2.10 bits per heavy atom. The van der Waals surface area contributed by atoms with E-state index in [-0.39, 0.29) is 11.4 Å². The summed E-state index contributed by atoms with van der Waals surface area (Å²) in [5.41, 5.74) is 0.284. The van der Waals surface area contributed by atoms with Gasteiger partial charge in [0.1, 0.15) is 0 Å². The lowest BCUT2D eigenvalue weighted by Gasteiger charge is -2.22. The Morgan fingerprint density at radius 1 is 0.839 bits per heavy atom. The fourth-order valence-corrected chi connectivity index (χ4v) is 4.31. The van der Waals surface area contributed by atoms with Crippen LogP contribution in [-0.2, 0) is 21.2 Å². The maximum atomic E-state index is 13.9. The van der Waals surface area contributed by atoms with Crippen molar-refractivity contribution in [1.29, 1.82) is 0 Å². The van der Waals surface area contributed by atoms with Crippen molar-refractivity contribution >= 4 is 21.6 Å². The van der Waals surface area contributed by atoms with E-state index in [2.05, 4.69) is 5.32 Å². The molecule has 1 amide bonds. The summed E-state index contributed by atoms with van der Waals surface area (Å²) in [6, 6.07) is 18.2. The van der Waals surface area contributed by atoms with Gasteiger partial charge in [0.25, 0.3) is 0 Å². The van der Waals surface area contributed by atoms with Gasteiger partial charge in [-0.1, -0.05) is 48.5 Å². The summed E-state index contributed by atoms with van der Waals surface area (Å²) in [5, 5.41) is 2.10. The van der Waals surface area contributed by atoms with Gasteiger partial charge in [-0.25, -0.2) is 21.6 Å². The average molecular weight is 448 g/mol. The first kappa shape index (κ1) is 22.5. The summed E-state index contributed by atoms with van der Waals surface area (Å²) >= 11 is 0. The van der Waals surface area contributed by atoms with Gasteiger partial charge in [0, 0.05) is 6.54 Å². The molecule has 0 radical (unpaired) electrons. The van der Waals surface area contributed by atoms with Gasteiger partial charge >= 0.3 is 0 Å². The summed E-state index contributed by atoms with van der Waals surface area (Å²) in [7, 11) is -4.04. The third-order valence-corrected chi connectivity index (χ3v) is 6.36. The zero-order valence-corrected chi connectivity index (χ0v) is 17.1. The number of carbonyl (C=O) groups is 1. The van der Waals surface area contributed by atoms with Gasteiger partial charge in [0.2, 0.25) is 15.9 Å². The van der Waals surface area contributed by atoms with Crippen molar-refractivity contribution in [2.75, 3.05) is 18.4 Å². The molecule has 0 spiro atoms. The number of rotatable bonds is 8. The number of nitrogens with zero attached hydrogens (tertiary/aromatic N) is 1. The van der Waals surface area contributed by atoms with Crippen LogP contribution in [0.25, 0.3) is 0 Å². The van der Waals surface area contributed by atoms with Gasteiger partial charge in [0.05, 0.1) is 17.1 Å². The highest BCUT2D eigenvalue weighted by Crippen LogP contribution is 2.20. The monoisotopic (exact) mass is 448 g/mol. The van der Waals surface area contributed by atoms with Gasteiger partial charge in [0.15, 0.2) is 17.5 Å². The molecule has 1 N–H and O–H groups in total. The van der Waals surface area contributed by atoms with Crippen molar-refractivity contribution in [3.63, 3.8) is 0 Å². The Hall–Kier alpha value is -3.17. The molecule has 162 valence electrons. The molecule has 0 saturated heterocycles. The van der Waals surface area contributed by atoms with E-state index < -0.39 is 45.6 Å². The molecule has 3 aromatic rings. The third-order valence-electron chi connectivity index (χ3n) is 4.50. The van der Waals surface area contributed by atoms with Crippen LogP contribution in [0.3, 0.4) is 0 Å². The van der Waals surface area contributed by atoms with Gasteiger partial charge in [-0.15, -0.1) is 0 Å². The Bertz CT molecular complexity index is 1160. The molecule has 0 unspecified atom stereocenters. The maximum absolute atomic E-state index is 13.9. The van der Waals surface area contributed by atoms with Crippen molar-refractivity contribution in [2.45, 2.75) is 11.3 Å². The lowest BCUT2D eigenvalue weighted by Crippen LogP contribution is -2.39. The molecular weight excluding hydrogens is 429 g/mol. The van der Waals surface area contributed by atoms with Crippen LogP contribution in [0.4, 0.5) is 18.9 Å². The van der Waals surface area contributed by atoms with Crippen molar-refractivity contribution in [2.24, 2.45) is 0 Å². The summed E-state index contributed by atoms with van der Waals surface area (Å²) in [6.45, 7) is -0.655. The summed E-state index contributed by atoms with van der Waals surface area (Å²) in [6.07, 6.45) is 0.333. The smallest absolute Gasteiger partial charge is 0.243 e. The van der Waals surface area contributed by atoms with Gasteiger partial charge in [-0.05, 0) is 36.2 Å². The molecule has 9 heteroatoms. The van der Waals surface area contributed by atoms with E-state index in [1.165, 1.54) is 12.1 Å². The highest BCUT2D eigenvalue weighted by Gasteiger charge is 2.27. The van der Waals surface area contributed by atoms with E-state index in [1.807, 2.05) is 30.3 Å². The van der Waals surface area contributed by atoms with E-state index in [1.54, 1.807) is 18.2 Å². The topological polar surface area (TPSA) is 66.5 Å². The van der Waals surface area contributed by atoms with Crippen LogP contribution in [0.15, 0.2) is 77.7 Å². The van der Waals surface area contributed by atoms with Crippen LogP contribution in [0.2, 0.25) is 0 Å². The minimum Gasteiger partial charge on any atom is -0.322 e. The number of hydrogen-bond acceptors (Lipinski definition) is 3. The molecule has 0 aliphatic carbocycles. The molecule has 31 heavy (non-hydrogen) atoms. The van der Waals surface area contributed by atoms with Crippen molar-refractivity contribution in [1.82, 2.24) is 4.31 Å². The van der Waals surface area contributed by atoms with Gasteiger partial charge < -0.3 is 5.32 Å². The summed E-state index contributed by atoms with van der Waals surface area (Å²) < 4.78 is 67.5. The molecule has 3 aromatic carbocycles. The van der Waals surface area contributed by atoms with Crippen molar-refractivity contribution < 1.29 is 26.4 Å². The number of amides is 1. The second-order valence-corrected chi connectivity index (χ2v) is 8.60. The molecule has 0 bridgehead atoms. The molecule has 0 aliphatic heterocycles. The first-order valence-corrected chi connectivity index (χ1v) is 10.8. The van der Waals surface area contributed by atoms with E-state index in [9.17, 15) is 26.4 Å². The van der Waals surface area contributed by atoms with E-state index in [4.69, 9.17) is 0 Å². The molecule has 0 aromatic heterocycles. The fraction of sp³-hybridized carbons (Fsp3) is 0.136. The largest absolute Gasteiger partial charge is 0.322 e. The predicted octanol–water partition coefficient (Wildman–Crippen LogP) is 3.98. The van der Waals surface area contributed by atoms with Crippen LogP contribution >= 0.6 is 0 Å². The molecule has 0 aliphatic rings. The number of nitrogens with one attached hydrogen (secondary N) is 1. The standard InChI is InChI=1S/C22H19F3N2O3S/c23-18-11-12-19(22(25)21(18)24)26-20(28)15-27(14-13-16-7-3-1-4-8-16)31(29,30)17-9-5-2-6-10-17/h1-12H,13-15H2,(H,26,28). The Morgan fingerprint density at radius 2 is 1.45 bits per heavy atom. The van der Waals surface area contributed by atoms with Crippen LogP contribution in [0.1, 0.15) is 5.56 Å². The number of hydrogen-bond donors (Lipinski definition) is 1. The van der Waals surface area contributed by atoms with Crippen LogP contribution in [0, 0.1) is 17.5 Å². The Labute approximate surface area is 178 Å². The fourth-order valence-electron chi connectivity index (χ4n) is 2.90. The lowest BCUT2D eigenvalue weighted by molar-refractivity contribution is -0.116. The average Bonchev–Trinajstić information content (AvgIpc) is 2.78. The quantitative estimate of drug-likeness (QED) is 0.530. The van der Waals surface area contributed by atoms with Crippen molar-refractivity contribution in [3.05, 3.63) is 95.8 Å². The minimum atomic E-state index is -4.04. The first-order valence-electron chi connectivity index (χ1n) is 9.31. The van der Waals surface area contributed by atoms with Crippen LogP contribution in [-0.4, -0.2) is 31.7 Å². The predicted molar refractivity (Wildman–Crippen MR) is 110 cm³/mol. The first-order chi connectivity index (χ1) is 14.8. The van der Waals surface area contributed by atoms with Crippen molar-refractivity contribution in [3.8, 4) is 0 Å². The highest BCUT2D eigenvalue weighted by atomic mass is 32.2.